The summed E-state index contributed by atoms with van der Waals surface area (Å²) in [5, 5.41) is 5.03. The minimum atomic E-state index is -0.111. The van der Waals surface area contributed by atoms with Crippen LogP contribution in [0.5, 0.6) is 0 Å². The van der Waals surface area contributed by atoms with E-state index in [9.17, 15) is 0 Å². The highest BCUT2D eigenvalue weighted by atomic mass is 35.5. The summed E-state index contributed by atoms with van der Waals surface area (Å²) in [6.45, 7) is 9.63. The van der Waals surface area contributed by atoms with Crippen molar-refractivity contribution in [3.8, 4) is 0 Å². The molecule has 2 unspecified atom stereocenters. The Morgan fingerprint density at radius 3 is 2.55 bits per heavy atom. The zero-order valence-electron chi connectivity index (χ0n) is 12.9. The van der Waals surface area contributed by atoms with Crippen molar-refractivity contribution in [1.82, 2.24) is 14.7 Å². The van der Waals surface area contributed by atoms with E-state index in [1.165, 1.54) is 19.3 Å². The highest BCUT2D eigenvalue weighted by Crippen LogP contribution is 2.36. The van der Waals surface area contributed by atoms with Crippen LogP contribution in [-0.4, -0.2) is 33.3 Å². The van der Waals surface area contributed by atoms with Crippen molar-refractivity contribution >= 4 is 11.6 Å². The molecule has 2 heterocycles. The molecule has 4 nitrogen and oxygen atoms in total. The van der Waals surface area contributed by atoms with E-state index >= 15 is 0 Å². The van der Waals surface area contributed by atoms with Crippen molar-refractivity contribution in [1.29, 1.82) is 0 Å². The Bertz CT molecular complexity index is 439. The van der Waals surface area contributed by atoms with Crippen molar-refractivity contribution in [2.45, 2.75) is 64.6 Å². The van der Waals surface area contributed by atoms with Crippen LogP contribution in [0.25, 0.3) is 0 Å². The van der Waals surface area contributed by atoms with Gasteiger partial charge in [-0.2, -0.15) is 5.10 Å². The zero-order chi connectivity index (χ0) is 14.8. The predicted octanol–water partition coefficient (Wildman–Crippen LogP) is 3.21. The van der Waals surface area contributed by atoms with Crippen LogP contribution in [0.4, 0.5) is 0 Å². The minimum Gasteiger partial charge on any atom is -0.321 e. The third kappa shape index (κ3) is 2.74. The maximum Gasteiger partial charge on any atom is 0.0834 e. The van der Waals surface area contributed by atoms with Crippen molar-refractivity contribution in [2.75, 3.05) is 13.1 Å². The molecule has 1 aliphatic heterocycles. The van der Waals surface area contributed by atoms with Gasteiger partial charge in [0.05, 0.1) is 23.0 Å². The minimum absolute atomic E-state index is 0.0585. The van der Waals surface area contributed by atoms with Gasteiger partial charge in [-0.3, -0.25) is 9.58 Å². The monoisotopic (exact) mass is 298 g/mol. The predicted molar refractivity (Wildman–Crippen MR) is 84.0 cm³/mol. The van der Waals surface area contributed by atoms with Crippen molar-refractivity contribution in [3.63, 3.8) is 0 Å². The van der Waals surface area contributed by atoms with Gasteiger partial charge in [0.1, 0.15) is 0 Å². The summed E-state index contributed by atoms with van der Waals surface area (Å²) in [7, 11) is 0. The summed E-state index contributed by atoms with van der Waals surface area (Å²) in [5.74, 6) is 0. The smallest absolute Gasteiger partial charge is 0.0834 e. The fraction of sp³-hybridized carbons (Fsp3) is 0.800. The highest BCUT2D eigenvalue weighted by molar-refractivity contribution is 6.31. The highest BCUT2D eigenvalue weighted by Gasteiger charge is 2.39. The number of hydrogen-bond donors (Lipinski definition) is 1. The van der Waals surface area contributed by atoms with Crippen molar-refractivity contribution in [2.24, 2.45) is 5.73 Å². The Morgan fingerprint density at radius 1 is 1.35 bits per heavy atom. The van der Waals surface area contributed by atoms with Crippen LogP contribution < -0.4 is 5.73 Å². The van der Waals surface area contributed by atoms with Gasteiger partial charge in [-0.25, -0.2) is 0 Å². The molecule has 20 heavy (non-hydrogen) atoms. The average Bonchev–Trinajstić information content (AvgIpc) is 2.87. The molecule has 2 rings (SSSR count). The first-order chi connectivity index (χ1) is 9.54. The quantitative estimate of drug-likeness (QED) is 0.908. The van der Waals surface area contributed by atoms with Crippen LogP contribution in [0.1, 0.15) is 58.2 Å². The molecular weight excluding hydrogens is 272 g/mol. The molecule has 1 aromatic heterocycles. The van der Waals surface area contributed by atoms with Crippen LogP contribution >= 0.6 is 11.6 Å². The Hall–Kier alpha value is -0.580. The number of nitrogens with zero attached hydrogens (tertiary/aromatic N) is 3. The van der Waals surface area contributed by atoms with Gasteiger partial charge in [0, 0.05) is 12.1 Å². The first-order valence-electron chi connectivity index (χ1n) is 7.76. The summed E-state index contributed by atoms with van der Waals surface area (Å²) < 4.78 is 1.94. The molecule has 0 saturated carbocycles. The van der Waals surface area contributed by atoms with E-state index in [0.29, 0.717) is 5.02 Å². The van der Waals surface area contributed by atoms with Crippen LogP contribution in [-0.2, 0) is 6.54 Å². The van der Waals surface area contributed by atoms with E-state index in [2.05, 4.69) is 30.8 Å². The molecule has 0 amide bonds. The topological polar surface area (TPSA) is 47.1 Å². The standard InChI is InChI=1S/C15H27ClN4/c1-4-15(3,19-9-7-6-8-10-19)14(17)13-12(16)11-18-20(13)5-2/h11,14H,4-10,17H2,1-3H3. The van der Waals surface area contributed by atoms with Crippen molar-refractivity contribution in [3.05, 3.63) is 16.9 Å². The Morgan fingerprint density at radius 2 is 2.00 bits per heavy atom. The summed E-state index contributed by atoms with van der Waals surface area (Å²) >= 11 is 6.34. The number of halogens is 1. The second-order valence-electron chi connectivity index (χ2n) is 5.93. The second-order valence-corrected chi connectivity index (χ2v) is 6.34. The molecule has 1 fully saturated rings. The Balaban J connectivity index is 2.31. The van der Waals surface area contributed by atoms with Crippen LogP contribution in [0.3, 0.4) is 0 Å². The number of likely N-dealkylation sites (tertiary alicyclic amines) is 1. The third-order valence-corrected chi connectivity index (χ3v) is 5.18. The summed E-state index contributed by atoms with van der Waals surface area (Å²) in [6, 6.07) is -0.111. The van der Waals surface area contributed by atoms with E-state index < -0.39 is 0 Å². The van der Waals surface area contributed by atoms with Gasteiger partial charge in [-0.05, 0) is 46.2 Å². The fourth-order valence-electron chi connectivity index (χ4n) is 3.27. The number of hydrogen-bond acceptors (Lipinski definition) is 3. The van der Waals surface area contributed by atoms with Crippen molar-refractivity contribution < 1.29 is 0 Å². The van der Waals surface area contributed by atoms with E-state index in [-0.39, 0.29) is 11.6 Å². The number of piperidine rings is 1. The molecule has 114 valence electrons. The van der Waals surface area contributed by atoms with Crippen LogP contribution in [0, 0.1) is 0 Å². The van der Waals surface area contributed by atoms with Gasteiger partial charge in [-0.1, -0.05) is 24.9 Å². The zero-order valence-corrected chi connectivity index (χ0v) is 13.7. The molecule has 2 atom stereocenters. The average molecular weight is 299 g/mol. The maximum absolute atomic E-state index is 6.65. The van der Waals surface area contributed by atoms with Crippen LogP contribution in [0.15, 0.2) is 6.20 Å². The molecule has 2 N–H and O–H groups in total. The summed E-state index contributed by atoms with van der Waals surface area (Å²) in [5.41, 5.74) is 7.57. The molecule has 1 saturated heterocycles. The second kappa shape index (κ2) is 6.46. The molecule has 0 bridgehead atoms. The van der Waals surface area contributed by atoms with Gasteiger partial charge in [0.15, 0.2) is 0 Å². The van der Waals surface area contributed by atoms with Crippen LogP contribution in [0.2, 0.25) is 5.02 Å². The first-order valence-corrected chi connectivity index (χ1v) is 8.14. The lowest BCUT2D eigenvalue weighted by molar-refractivity contribution is 0.0519. The van der Waals surface area contributed by atoms with E-state index in [1.807, 2.05) is 4.68 Å². The fourth-order valence-corrected chi connectivity index (χ4v) is 3.53. The summed E-state index contributed by atoms with van der Waals surface area (Å²) in [4.78, 5) is 2.55. The third-order valence-electron chi connectivity index (χ3n) is 4.89. The number of nitrogens with two attached hydrogens (primary N) is 1. The molecular formula is C15H27ClN4. The summed E-state index contributed by atoms with van der Waals surface area (Å²) in [6.07, 6.45) is 6.59. The number of aryl methyl sites for hydroxylation is 1. The largest absolute Gasteiger partial charge is 0.321 e. The van der Waals surface area contributed by atoms with Gasteiger partial charge in [0.2, 0.25) is 0 Å². The molecule has 0 aromatic carbocycles. The number of rotatable bonds is 5. The van der Waals surface area contributed by atoms with Gasteiger partial charge >= 0.3 is 0 Å². The van der Waals surface area contributed by atoms with E-state index in [4.69, 9.17) is 17.3 Å². The van der Waals surface area contributed by atoms with E-state index in [1.54, 1.807) is 6.20 Å². The lowest BCUT2D eigenvalue weighted by atomic mass is 9.84. The lowest BCUT2D eigenvalue weighted by Gasteiger charge is -2.46. The molecule has 0 radical (unpaired) electrons. The van der Waals surface area contributed by atoms with Gasteiger partial charge in [0.25, 0.3) is 0 Å². The Kier molecular flexibility index (Phi) is 5.10. The molecule has 5 heteroatoms. The molecule has 1 aliphatic rings. The van der Waals surface area contributed by atoms with Gasteiger partial charge in [-0.15, -0.1) is 0 Å². The Labute approximate surface area is 127 Å². The van der Waals surface area contributed by atoms with Gasteiger partial charge < -0.3 is 5.73 Å². The normalized spacial score (nSPS) is 21.6. The number of aromatic nitrogens is 2. The lowest BCUT2D eigenvalue weighted by Crippen LogP contribution is -2.55. The molecule has 1 aromatic rings. The SMILES string of the molecule is CCn1ncc(Cl)c1C(N)C(C)(CC)N1CCCCC1. The maximum atomic E-state index is 6.65. The molecule has 0 aliphatic carbocycles. The van der Waals surface area contributed by atoms with E-state index in [0.717, 1.165) is 31.7 Å². The molecule has 0 spiro atoms. The first kappa shape index (κ1) is 15.8.